The van der Waals surface area contributed by atoms with Crippen LogP contribution in [0.1, 0.15) is 47.7 Å². The lowest BCUT2D eigenvalue weighted by Crippen LogP contribution is -2.20. The van der Waals surface area contributed by atoms with Crippen LogP contribution in [-0.4, -0.2) is 11.5 Å². The first-order valence-corrected chi connectivity index (χ1v) is 7.69. The van der Waals surface area contributed by atoms with Crippen LogP contribution >= 0.6 is 11.3 Å². The summed E-state index contributed by atoms with van der Waals surface area (Å²) >= 11 is 1.78. The summed E-state index contributed by atoms with van der Waals surface area (Å²) in [6.07, 6.45) is 3.10. The summed E-state index contributed by atoms with van der Waals surface area (Å²) < 4.78 is 0. The Bertz CT molecular complexity index is 492. The maximum absolute atomic E-state index is 4.43. The van der Waals surface area contributed by atoms with Gasteiger partial charge in [0.05, 0.1) is 6.04 Å². The number of aromatic nitrogens is 1. The molecule has 2 atom stereocenters. The van der Waals surface area contributed by atoms with E-state index in [0.29, 0.717) is 12.0 Å². The lowest BCUT2D eigenvalue weighted by molar-refractivity contribution is 0.529. The summed E-state index contributed by atoms with van der Waals surface area (Å²) in [6.45, 7) is 7.60. The highest BCUT2D eigenvalue weighted by Gasteiger charge is 2.10. The monoisotopic (exact) mass is 274 g/mol. The molecular formula is C16H22N2S. The van der Waals surface area contributed by atoms with Gasteiger partial charge in [-0.3, -0.25) is 0 Å². The number of thiazole rings is 1. The van der Waals surface area contributed by atoms with Crippen molar-refractivity contribution < 1.29 is 0 Å². The number of rotatable bonds is 6. The second-order valence-corrected chi connectivity index (χ2v) is 6.35. The van der Waals surface area contributed by atoms with Crippen molar-refractivity contribution in [1.82, 2.24) is 10.3 Å². The average Bonchev–Trinajstić information content (AvgIpc) is 2.86. The topological polar surface area (TPSA) is 24.9 Å². The first kappa shape index (κ1) is 14.2. The summed E-state index contributed by atoms with van der Waals surface area (Å²) in [7, 11) is 0. The van der Waals surface area contributed by atoms with Gasteiger partial charge >= 0.3 is 0 Å². The molecule has 0 spiro atoms. The number of hydrogen-bond donors (Lipinski definition) is 1. The van der Waals surface area contributed by atoms with Gasteiger partial charge in [-0.05, 0) is 38.3 Å². The highest BCUT2D eigenvalue weighted by atomic mass is 32.1. The predicted molar refractivity (Wildman–Crippen MR) is 82.7 cm³/mol. The number of nitrogens with one attached hydrogen (secondary N) is 1. The van der Waals surface area contributed by atoms with Crippen LogP contribution in [-0.2, 0) is 0 Å². The second kappa shape index (κ2) is 6.83. The minimum Gasteiger partial charge on any atom is -0.308 e. The summed E-state index contributed by atoms with van der Waals surface area (Å²) in [4.78, 5) is 5.71. The minimum atomic E-state index is 0.349. The van der Waals surface area contributed by atoms with E-state index in [1.807, 2.05) is 6.20 Å². The molecule has 1 aromatic heterocycles. The molecule has 0 aliphatic heterocycles. The van der Waals surface area contributed by atoms with Crippen molar-refractivity contribution in [2.24, 2.45) is 0 Å². The van der Waals surface area contributed by atoms with Crippen molar-refractivity contribution in [3.05, 3.63) is 52.0 Å². The molecule has 3 heteroatoms. The van der Waals surface area contributed by atoms with E-state index in [4.69, 9.17) is 0 Å². The third-order valence-corrected chi connectivity index (χ3v) is 4.50. The van der Waals surface area contributed by atoms with Crippen LogP contribution in [0.25, 0.3) is 0 Å². The Morgan fingerprint density at radius 3 is 2.58 bits per heavy atom. The van der Waals surface area contributed by atoms with Crippen LogP contribution in [0.2, 0.25) is 0 Å². The smallest absolute Gasteiger partial charge is 0.109 e. The molecule has 2 nitrogen and oxygen atoms in total. The predicted octanol–water partition coefficient (Wildman–Crippen LogP) is 4.30. The Morgan fingerprint density at radius 1 is 1.21 bits per heavy atom. The van der Waals surface area contributed by atoms with E-state index < -0.39 is 0 Å². The Balaban J connectivity index is 1.77. The molecule has 1 aromatic carbocycles. The fourth-order valence-corrected chi connectivity index (χ4v) is 2.93. The second-order valence-electron chi connectivity index (χ2n) is 5.09. The van der Waals surface area contributed by atoms with Crippen LogP contribution < -0.4 is 5.32 Å². The van der Waals surface area contributed by atoms with Gasteiger partial charge in [0.15, 0.2) is 0 Å². The van der Waals surface area contributed by atoms with Crippen LogP contribution in [0.4, 0.5) is 0 Å². The largest absolute Gasteiger partial charge is 0.308 e. The fourth-order valence-electron chi connectivity index (χ4n) is 2.12. The number of nitrogens with zero attached hydrogens (tertiary/aromatic N) is 1. The zero-order chi connectivity index (χ0) is 13.7. The Morgan fingerprint density at radius 2 is 1.95 bits per heavy atom. The van der Waals surface area contributed by atoms with Gasteiger partial charge in [0.25, 0.3) is 0 Å². The van der Waals surface area contributed by atoms with Crippen LogP contribution in [0, 0.1) is 6.92 Å². The molecule has 0 saturated carbocycles. The highest BCUT2D eigenvalue weighted by molar-refractivity contribution is 7.11. The average molecular weight is 274 g/mol. The van der Waals surface area contributed by atoms with Crippen molar-refractivity contribution in [2.45, 2.75) is 39.2 Å². The number of aryl methyl sites for hydroxylation is 1. The van der Waals surface area contributed by atoms with Gasteiger partial charge in [-0.1, -0.05) is 37.3 Å². The molecule has 0 radical (unpaired) electrons. The molecular weight excluding hydrogens is 252 g/mol. The number of hydrogen-bond acceptors (Lipinski definition) is 3. The zero-order valence-corrected chi connectivity index (χ0v) is 12.7. The maximum atomic E-state index is 4.43. The summed E-state index contributed by atoms with van der Waals surface area (Å²) in [5.41, 5.74) is 1.42. The lowest BCUT2D eigenvalue weighted by Gasteiger charge is -2.15. The third kappa shape index (κ3) is 4.15. The van der Waals surface area contributed by atoms with Crippen LogP contribution in [0.3, 0.4) is 0 Å². The standard InChI is InChI=1S/C16H22N2S/c1-12(15-7-5-4-6-8-15)9-10-17-14(3)16-18-11-13(2)19-16/h4-8,11-12,14,17H,9-10H2,1-3H3. The van der Waals surface area contributed by atoms with Crippen molar-refractivity contribution in [3.8, 4) is 0 Å². The van der Waals surface area contributed by atoms with E-state index in [-0.39, 0.29) is 0 Å². The van der Waals surface area contributed by atoms with E-state index in [1.54, 1.807) is 11.3 Å². The molecule has 0 bridgehead atoms. The Labute approximate surface area is 119 Å². The molecule has 0 amide bonds. The molecule has 19 heavy (non-hydrogen) atoms. The molecule has 2 rings (SSSR count). The molecule has 2 unspecified atom stereocenters. The molecule has 0 fully saturated rings. The van der Waals surface area contributed by atoms with Gasteiger partial charge in [0, 0.05) is 11.1 Å². The van der Waals surface area contributed by atoms with Crippen LogP contribution in [0.15, 0.2) is 36.5 Å². The van der Waals surface area contributed by atoms with Gasteiger partial charge in [-0.2, -0.15) is 0 Å². The van der Waals surface area contributed by atoms with Gasteiger partial charge in [-0.15, -0.1) is 11.3 Å². The van der Waals surface area contributed by atoms with Crippen molar-refractivity contribution in [3.63, 3.8) is 0 Å². The van der Waals surface area contributed by atoms with E-state index >= 15 is 0 Å². The molecule has 102 valence electrons. The normalized spacial score (nSPS) is 14.3. The first-order valence-electron chi connectivity index (χ1n) is 6.87. The Kier molecular flexibility index (Phi) is 5.11. The lowest BCUT2D eigenvalue weighted by atomic mass is 9.98. The van der Waals surface area contributed by atoms with Crippen molar-refractivity contribution >= 4 is 11.3 Å². The first-order chi connectivity index (χ1) is 9.16. The van der Waals surface area contributed by atoms with Gasteiger partial charge in [0.2, 0.25) is 0 Å². The fraction of sp³-hybridized carbons (Fsp3) is 0.438. The number of benzene rings is 1. The van der Waals surface area contributed by atoms with E-state index in [9.17, 15) is 0 Å². The quantitative estimate of drug-likeness (QED) is 0.849. The van der Waals surface area contributed by atoms with E-state index in [2.05, 4.69) is 61.4 Å². The van der Waals surface area contributed by atoms with Crippen LogP contribution in [0.5, 0.6) is 0 Å². The minimum absolute atomic E-state index is 0.349. The molecule has 0 aliphatic carbocycles. The molecule has 2 aromatic rings. The molecule has 1 N–H and O–H groups in total. The van der Waals surface area contributed by atoms with Crippen molar-refractivity contribution in [1.29, 1.82) is 0 Å². The van der Waals surface area contributed by atoms with Gasteiger partial charge in [-0.25, -0.2) is 4.98 Å². The third-order valence-electron chi connectivity index (χ3n) is 3.41. The zero-order valence-electron chi connectivity index (χ0n) is 11.9. The van der Waals surface area contributed by atoms with E-state index in [0.717, 1.165) is 13.0 Å². The van der Waals surface area contributed by atoms with E-state index in [1.165, 1.54) is 15.4 Å². The molecule has 1 heterocycles. The summed E-state index contributed by atoms with van der Waals surface area (Å²) in [5, 5.41) is 4.75. The molecule has 0 aliphatic rings. The summed E-state index contributed by atoms with van der Waals surface area (Å²) in [5.74, 6) is 0.596. The molecule has 0 saturated heterocycles. The van der Waals surface area contributed by atoms with Gasteiger partial charge in [0.1, 0.15) is 5.01 Å². The SMILES string of the molecule is Cc1cnc(C(C)NCCC(C)c2ccccc2)s1. The summed E-state index contributed by atoms with van der Waals surface area (Å²) in [6, 6.07) is 11.1. The highest BCUT2D eigenvalue weighted by Crippen LogP contribution is 2.21. The Hall–Kier alpha value is -1.19. The van der Waals surface area contributed by atoms with Gasteiger partial charge < -0.3 is 5.32 Å². The maximum Gasteiger partial charge on any atom is 0.109 e. The van der Waals surface area contributed by atoms with Crippen molar-refractivity contribution in [2.75, 3.05) is 6.54 Å².